The van der Waals surface area contributed by atoms with Crippen molar-refractivity contribution in [2.45, 2.75) is 43.2 Å². The smallest absolute Gasteiger partial charge is 0.309 e. The molecule has 0 radical (unpaired) electrons. The molecule has 1 atom stereocenters. The zero-order valence-electron chi connectivity index (χ0n) is 17.4. The van der Waals surface area contributed by atoms with Gasteiger partial charge in [-0.15, -0.1) is 0 Å². The van der Waals surface area contributed by atoms with E-state index in [1.54, 1.807) is 24.3 Å². The van der Waals surface area contributed by atoms with Crippen LogP contribution in [0.1, 0.15) is 31.2 Å². The number of hydrogen-bond acceptors (Lipinski definition) is 4. The zero-order chi connectivity index (χ0) is 23.1. The fraction of sp³-hybridized carbons (Fsp3) is 0.364. The summed E-state index contributed by atoms with van der Waals surface area (Å²) in [6.07, 6.45) is 2.63. The summed E-state index contributed by atoms with van der Waals surface area (Å²) in [4.78, 5) is 24.1. The number of halogens is 2. The van der Waals surface area contributed by atoms with Crippen LogP contribution in [-0.2, 0) is 26.2 Å². The van der Waals surface area contributed by atoms with Crippen LogP contribution in [0.4, 0.5) is 4.39 Å². The molecule has 7 nitrogen and oxygen atoms in total. The molecule has 0 saturated carbocycles. The lowest BCUT2D eigenvalue weighted by Gasteiger charge is -2.34. The number of hydrogen-bond donors (Lipinski definition) is 2. The Bertz CT molecular complexity index is 1050. The standard InChI is InChI=1S/C22H25ClFN3O4S/c23-17-6-4-16(5-7-17)15-26-22(29)21(28)25-13-12-19-3-1-2-14-27(19)32(30,31)20-10-8-18(24)9-11-20/h4-11,19H,1-3,12-15H2,(H,25,28)(H,26,29). The van der Waals surface area contributed by atoms with Crippen molar-refractivity contribution in [1.29, 1.82) is 0 Å². The van der Waals surface area contributed by atoms with Crippen LogP contribution in [0.3, 0.4) is 0 Å². The number of nitrogens with zero attached hydrogens (tertiary/aromatic N) is 1. The van der Waals surface area contributed by atoms with Gasteiger partial charge in [0.25, 0.3) is 0 Å². The molecule has 2 amide bonds. The third-order valence-corrected chi connectivity index (χ3v) is 7.55. The molecule has 1 aliphatic rings. The first-order valence-corrected chi connectivity index (χ1v) is 12.2. The Balaban J connectivity index is 1.51. The third kappa shape index (κ3) is 6.27. The van der Waals surface area contributed by atoms with E-state index in [-0.39, 0.29) is 24.0 Å². The van der Waals surface area contributed by atoms with Gasteiger partial charge in [-0.3, -0.25) is 9.59 Å². The van der Waals surface area contributed by atoms with Gasteiger partial charge in [-0.05, 0) is 61.2 Å². The van der Waals surface area contributed by atoms with Crippen LogP contribution in [0.5, 0.6) is 0 Å². The second kappa shape index (κ2) is 10.9. The molecular formula is C22H25ClFN3O4S. The number of sulfonamides is 1. The minimum atomic E-state index is -3.77. The van der Waals surface area contributed by atoms with Crippen LogP contribution in [0.15, 0.2) is 53.4 Å². The van der Waals surface area contributed by atoms with Crippen molar-refractivity contribution in [3.05, 3.63) is 64.9 Å². The summed E-state index contributed by atoms with van der Waals surface area (Å²) >= 11 is 5.82. The predicted molar refractivity (Wildman–Crippen MR) is 119 cm³/mol. The number of carbonyl (C=O) groups is 2. The average Bonchev–Trinajstić information content (AvgIpc) is 2.79. The molecule has 2 aromatic carbocycles. The summed E-state index contributed by atoms with van der Waals surface area (Å²) in [5.74, 6) is -2.04. The molecule has 1 aliphatic heterocycles. The summed E-state index contributed by atoms with van der Waals surface area (Å²) in [6, 6.07) is 11.3. The second-order valence-electron chi connectivity index (χ2n) is 7.57. The first-order valence-electron chi connectivity index (χ1n) is 10.4. The topological polar surface area (TPSA) is 95.6 Å². The zero-order valence-corrected chi connectivity index (χ0v) is 19.0. The SMILES string of the molecule is O=C(NCCC1CCCCN1S(=O)(=O)c1ccc(F)cc1)C(=O)NCc1ccc(Cl)cc1. The first-order chi connectivity index (χ1) is 15.3. The summed E-state index contributed by atoms with van der Waals surface area (Å²) in [7, 11) is -3.77. The van der Waals surface area contributed by atoms with Crippen molar-refractivity contribution in [1.82, 2.24) is 14.9 Å². The minimum Gasteiger partial charge on any atom is -0.348 e. The summed E-state index contributed by atoms with van der Waals surface area (Å²) in [5, 5.41) is 5.67. The molecule has 1 heterocycles. The molecule has 32 heavy (non-hydrogen) atoms. The van der Waals surface area contributed by atoms with Gasteiger partial charge in [-0.1, -0.05) is 30.2 Å². The Morgan fingerprint density at radius 1 is 1.00 bits per heavy atom. The Hall–Kier alpha value is -2.49. The molecular weight excluding hydrogens is 457 g/mol. The van der Waals surface area contributed by atoms with Gasteiger partial charge in [0, 0.05) is 30.7 Å². The van der Waals surface area contributed by atoms with E-state index >= 15 is 0 Å². The lowest BCUT2D eigenvalue weighted by molar-refractivity contribution is -0.139. The molecule has 0 aromatic heterocycles. The molecule has 0 spiro atoms. The average molecular weight is 482 g/mol. The highest BCUT2D eigenvalue weighted by Crippen LogP contribution is 2.27. The van der Waals surface area contributed by atoms with Crippen LogP contribution >= 0.6 is 11.6 Å². The van der Waals surface area contributed by atoms with Gasteiger partial charge >= 0.3 is 11.8 Å². The van der Waals surface area contributed by atoms with Crippen molar-refractivity contribution in [3.8, 4) is 0 Å². The largest absolute Gasteiger partial charge is 0.348 e. The van der Waals surface area contributed by atoms with Crippen LogP contribution in [-0.4, -0.2) is 43.7 Å². The van der Waals surface area contributed by atoms with Crippen molar-refractivity contribution in [2.24, 2.45) is 0 Å². The maximum absolute atomic E-state index is 13.2. The fourth-order valence-electron chi connectivity index (χ4n) is 3.62. The Morgan fingerprint density at radius 3 is 2.34 bits per heavy atom. The van der Waals surface area contributed by atoms with Gasteiger partial charge < -0.3 is 10.6 Å². The molecule has 172 valence electrons. The number of carbonyl (C=O) groups excluding carboxylic acids is 2. The van der Waals surface area contributed by atoms with E-state index in [9.17, 15) is 22.4 Å². The third-order valence-electron chi connectivity index (χ3n) is 5.33. The lowest BCUT2D eigenvalue weighted by atomic mass is 10.0. The molecule has 2 N–H and O–H groups in total. The van der Waals surface area contributed by atoms with Crippen LogP contribution < -0.4 is 10.6 Å². The summed E-state index contributed by atoms with van der Waals surface area (Å²) in [6.45, 7) is 0.711. The minimum absolute atomic E-state index is 0.0383. The van der Waals surface area contributed by atoms with Crippen molar-refractivity contribution in [2.75, 3.05) is 13.1 Å². The van der Waals surface area contributed by atoms with Gasteiger partial charge in [-0.25, -0.2) is 12.8 Å². The number of piperidine rings is 1. The first kappa shape index (κ1) is 24.2. The number of rotatable bonds is 7. The van der Waals surface area contributed by atoms with Crippen LogP contribution in [0.2, 0.25) is 5.02 Å². The maximum Gasteiger partial charge on any atom is 0.309 e. The summed E-state index contributed by atoms with van der Waals surface area (Å²) < 4.78 is 40.6. The van der Waals surface area contributed by atoms with Crippen molar-refractivity contribution >= 4 is 33.4 Å². The maximum atomic E-state index is 13.2. The van der Waals surface area contributed by atoms with Gasteiger partial charge in [0.15, 0.2) is 0 Å². The Morgan fingerprint density at radius 2 is 1.66 bits per heavy atom. The van der Waals surface area contributed by atoms with Gasteiger partial charge in [0.05, 0.1) is 4.90 Å². The summed E-state index contributed by atoms with van der Waals surface area (Å²) in [5.41, 5.74) is 0.805. The van der Waals surface area contributed by atoms with E-state index in [1.165, 1.54) is 16.4 Å². The molecule has 10 heteroatoms. The normalized spacial score (nSPS) is 17.0. The quantitative estimate of drug-likeness (QED) is 0.594. The molecule has 3 rings (SSSR count). The molecule has 0 aliphatic carbocycles. The van der Waals surface area contributed by atoms with E-state index in [1.807, 2.05) is 0 Å². The Labute approximate surface area is 192 Å². The van der Waals surface area contributed by atoms with E-state index in [0.29, 0.717) is 24.4 Å². The van der Waals surface area contributed by atoms with Gasteiger partial charge in [-0.2, -0.15) is 4.31 Å². The van der Waals surface area contributed by atoms with E-state index in [0.717, 1.165) is 30.5 Å². The van der Waals surface area contributed by atoms with Crippen molar-refractivity contribution in [3.63, 3.8) is 0 Å². The monoisotopic (exact) mass is 481 g/mol. The predicted octanol–water partition coefficient (Wildman–Crippen LogP) is 2.85. The highest BCUT2D eigenvalue weighted by atomic mass is 35.5. The van der Waals surface area contributed by atoms with Crippen LogP contribution in [0, 0.1) is 5.82 Å². The molecule has 1 unspecified atom stereocenters. The van der Waals surface area contributed by atoms with Crippen LogP contribution in [0.25, 0.3) is 0 Å². The van der Waals surface area contributed by atoms with Gasteiger partial charge in [0.2, 0.25) is 10.0 Å². The van der Waals surface area contributed by atoms with Crippen molar-refractivity contribution < 1.29 is 22.4 Å². The number of amides is 2. The molecule has 2 aromatic rings. The highest BCUT2D eigenvalue weighted by molar-refractivity contribution is 7.89. The molecule has 0 bridgehead atoms. The van der Waals surface area contributed by atoms with Gasteiger partial charge in [0.1, 0.15) is 5.82 Å². The fourth-order valence-corrected chi connectivity index (χ4v) is 5.47. The molecule has 1 saturated heterocycles. The lowest BCUT2D eigenvalue weighted by Crippen LogP contribution is -2.46. The highest BCUT2D eigenvalue weighted by Gasteiger charge is 2.33. The Kier molecular flexibility index (Phi) is 8.22. The number of nitrogens with one attached hydrogen (secondary N) is 2. The van der Waals surface area contributed by atoms with E-state index in [2.05, 4.69) is 10.6 Å². The van der Waals surface area contributed by atoms with E-state index in [4.69, 9.17) is 11.6 Å². The number of benzene rings is 2. The second-order valence-corrected chi connectivity index (χ2v) is 9.90. The molecule has 1 fully saturated rings. The van der Waals surface area contributed by atoms with E-state index < -0.39 is 27.7 Å².